The Bertz CT molecular complexity index is 805. The van der Waals surface area contributed by atoms with Crippen LogP contribution in [0.4, 0.5) is 0 Å². The summed E-state index contributed by atoms with van der Waals surface area (Å²) >= 11 is 0. The predicted molar refractivity (Wildman–Crippen MR) is 93.0 cm³/mol. The van der Waals surface area contributed by atoms with Crippen LogP contribution in [-0.4, -0.2) is 39.4 Å². The van der Waals surface area contributed by atoms with Crippen molar-refractivity contribution in [3.05, 3.63) is 53.6 Å². The third-order valence-electron chi connectivity index (χ3n) is 5.34. The van der Waals surface area contributed by atoms with E-state index in [4.69, 9.17) is 0 Å². The Labute approximate surface area is 146 Å². The van der Waals surface area contributed by atoms with Gasteiger partial charge in [0.15, 0.2) is 0 Å². The summed E-state index contributed by atoms with van der Waals surface area (Å²) < 4.78 is 2.06. The van der Waals surface area contributed by atoms with Crippen LogP contribution in [0.1, 0.15) is 53.0 Å². The van der Waals surface area contributed by atoms with E-state index in [9.17, 15) is 9.59 Å². The standard InChI is InChI=1S/C19H22N4O2/c1-22-11-8-20-18(22)13-6-9-23(10-7-13)17(24)12-16-14-4-2-3-5-15(14)19(25)21-16/h2-5,8,11,13,16H,6-7,9-10,12H2,1H3,(H,21,25)/t16-/m1/s1. The van der Waals surface area contributed by atoms with Gasteiger partial charge in [-0.15, -0.1) is 0 Å². The molecule has 1 atom stereocenters. The molecule has 0 bridgehead atoms. The van der Waals surface area contributed by atoms with Crippen LogP contribution in [0.2, 0.25) is 0 Å². The highest BCUT2D eigenvalue weighted by Crippen LogP contribution is 2.30. The van der Waals surface area contributed by atoms with E-state index in [-0.39, 0.29) is 17.9 Å². The fraction of sp³-hybridized carbons (Fsp3) is 0.421. The van der Waals surface area contributed by atoms with E-state index in [2.05, 4.69) is 14.9 Å². The SMILES string of the molecule is Cn1ccnc1C1CCN(C(=O)C[C@H]2NC(=O)c3ccccc32)CC1. The minimum Gasteiger partial charge on any atom is -0.345 e. The third-order valence-corrected chi connectivity index (χ3v) is 5.34. The molecule has 1 N–H and O–H groups in total. The average molecular weight is 338 g/mol. The predicted octanol–water partition coefficient (Wildman–Crippen LogP) is 2.00. The maximum Gasteiger partial charge on any atom is 0.252 e. The molecule has 2 aliphatic rings. The zero-order valence-corrected chi connectivity index (χ0v) is 14.3. The van der Waals surface area contributed by atoms with Crippen molar-refractivity contribution in [3.63, 3.8) is 0 Å². The first-order valence-corrected chi connectivity index (χ1v) is 8.78. The van der Waals surface area contributed by atoms with Gasteiger partial charge in [0.05, 0.1) is 12.5 Å². The van der Waals surface area contributed by atoms with Gasteiger partial charge in [-0.2, -0.15) is 0 Å². The molecule has 1 saturated heterocycles. The highest BCUT2D eigenvalue weighted by molar-refractivity contribution is 5.99. The fourth-order valence-corrected chi connectivity index (χ4v) is 3.94. The van der Waals surface area contributed by atoms with E-state index in [1.54, 1.807) is 0 Å². The van der Waals surface area contributed by atoms with Crippen LogP contribution in [0.15, 0.2) is 36.7 Å². The number of benzene rings is 1. The number of carbonyl (C=O) groups is 2. The van der Waals surface area contributed by atoms with Gasteiger partial charge in [0.25, 0.3) is 5.91 Å². The van der Waals surface area contributed by atoms with Gasteiger partial charge in [-0.3, -0.25) is 9.59 Å². The molecule has 130 valence electrons. The van der Waals surface area contributed by atoms with Crippen molar-refractivity contribution in [2.75, 3.05) is 13.1 Å². The van der Waals surface area contributed by atoms with E-state index in [0.717, 1.165) is 37.3 Å². The summed E-state index contributed by atoms with van der Waals surface area (Å²) in [6, 6.07) is 7.30. The minimum absolute atomic E-state index is 0.0816. The molecule has 6 nitrogen and oxygen atoms in total. The second kappa shape index (κ2) is 6.35. The van der Waals surface area contributed by atoms with Crippen LogP contribution in [0.5, 0.6) is 0 Å². The lowest BCUT2D eigenvalue weighted by Crippen LogP contribution is -2.39. The van der Waals surface area contributed by atoms with E-state index in [0.29, 0.717) is 17.9 Å². The zero-order valence-electron chi connectivity index (χ0n) is 14.3. The lowest BCUT2D eigenvalue weighted by atomic mass is 9.95. The number of carbonyl (C=O) groups excluding carboxylic acids is 2. The van der Waals surface area contributed by atoms with Crippen LogP contribution in [0.25, 0.3) is 0 Å². The quantitative estimate of drug-likeness (QED) is 0.931. The van der Waals surface area contributed by atoms with Crippen LogP contribution in [0, 0.1) is 0 Å². The molecule has 0 saturated carbocycles. The number of fused-ring (bicyclic) bond motifs is 1. The summed E-state index contributed by atoms with van der Waals surface area (Å²) in [5.74, 6) is 1.54. The normalized spacial score (nSPS) is 20.4. The molecule has 6 heteroatoms. The van der Waals surface area contributed by atoms with Crippen LogP contribution in [0.3, 0.4) is 0 Å². The number of nitrogens with zero attached hydrogens (tertiary/aromatic N) is 3. The Morgan fingerprint density at radius 3 is 2.76 bits per heavy atom. The van der Waals surface area contributed by atoms with E-state index in [1.807, 2.05) is 48.6 Å². The lowest BCUT2D eigenvalue weighted by molar-refractivity contribution is -0.132. The van der Waals surface area contributed by atoms with Crippen LogP contribution >= 0.6 is 0 Å². The van der Waals surface area contributed by atoms with Gasteiger partial charge in [-0.1, -0.05) is 18.2 Å². The Kier molecular flexibility index (Phi) is 4.03. The summed E-state index contributed by atoms with van der Waals surface area (Å²) in [7, 11) is 2.01. The number of aromatic nitrogens is 2. The van der Waals surface area contributed by atoms with Crippen LogP contribution in [-0.2, 0) is 11.8 Å². The first-order valence-electron chi connectivity index (χ1n) is 8.78. The molecule has 3 heterocycles. The van der Waals surface area contributed by atoms with Gasteiger partial charge in [0.1, 0.15) is 5.82 Å². The number of likely N-dealkylation sites (tertiary alicyclic amines) is 1. The molecule has 0 aliphatic carbocycles. The second-order valence-corrected chi connectivity index (χ2v) is 6.87. The average Bonchev–Trinajstić information content (AvgIpc) is 3.19. The van der Waals surface area contributed by atoms with Gasteiger partial charge in [0.2, 0.25) is 5.91 Å². The van der Waals surface area contributed by atoms with Crippen molar-refractivity contribution in [3.8, 4) is 0 Å². The number of imidazole rings is 1. The van der Waals surface area contributed by atoms with Crippen molar-refractivity contribution >= 4 is 11.8 Å². The zero-order chi connectivity index (χ0) is 17.4. The molecular formula is C19H22N4O2. The Hall–Kier alpha value is -2.63. The summed E-state index contributed by atoms with van der Waals surface area (Å²) in [6.45, 7) is 1.50. The van der Waals surface area contributed by atoms with Crippen LogP contribution < -0.4 is 5.32 Å². The van der Waals surface area contributed by atoms with Crippen molar-refractivity contribution < 1.29 is 9.59 Å². The smallest absolute Gasteiger partial charge is 0.252 e. The number of hydrogen-bond donors (Lipinski definition) is 1. The van der Waals surface area contributed by atoms with Crippen molar-refractivity contribution in [1.29, 1.82) is 0 Å². The summed E-state index contributed by atoms with van der Waals surface area (Å²) in [4.78, 5) is 31.0. The molecule has 1 aromatic carbocycles. The highest BCUT2D eigenvalue weighted by atomic mass is 16.2. The number of rotatable bonds is 3. The van der Waals surface area contributed by atoms with Crippen molar-refractivity contribution in [2.45, 2.75) is 31.2 Å². The van der Waals surface area contributed by atoms with Gasteiger partial charge in [0, 0.05) is 44.0 Å². The third kappa shape index (κ3) is 2.92. The van der Waals surface area contributed by atoms with E-state index in [1.165, 1.54) is 0 Å². The monoisotopic (exact) mass is 338 g/mol. The van der Waals surface area contributed by atoms with Gasteiger partial charge >= 0.3 is 0 Å². The molecule has 4 rings (SSSR count). The minimum atomic E-state index is -0.205. The molecular weight excluding hydrogens is 316 g/mol. The Morgan fingerprint density at radius 1 is 1.28 bits per heavy atom. The Morgan fingerprint density at radius 2 is 2.04 bits per heavy atom. The van der Waals surface area contributed by atoms with E-state index < -0.39 is 0 Å². The summed E-state index contributed by atoms with van der Waals surface area (Å²) in [5.41, 5.74) is 1.62. The molecule has 0 spiro atoms. The van der Waals surface area contributed by atoms with Gasteiger partial charge in [-0.05, 0) is 24.5 Å². The molecule has 2 amide bonds. The fourth-order valence-electron chi connectivity index (χ4n) is 3.94. The molecule has 1 aromatic heterocycles. The number of nitrogens with one attached hydrogen (secondary N) is 1. The lowest BCUT2D eigenvalue weighted by Gasteiger charge is -2.32. The number of amides is 2. The summed E-state index contributed by atoms with van der Waals surface area (Å²) in [5, 5.41) is 2.93. The maximum absolute atomic E-state index is 12.7. The molecule has 2 aliphatic heterocycles. The molecule has 0 unspecified atom stereocenters. The first kappa shape index (κ1) is 15.9. The van der Waals surface area contributed by atoms with E-state index >= 15 is 0 Å². The van der Waals surface area contributed by atoms with Crippen molar-refractivity contribution in [2.24, 2.45) is 7.05 Å². The molecule has 0 radical (unpaired) electrons. The highest BCUT2D eigenvalue weighted by Gasteiger charge is 2.32. The number of hydrogen-bond acceptors (Lipinski definition) is 3. The topological polar surface area (TPSA) is 67.2 Å². The summed E-state index contributed by atoms with van der Waals surface area (Å²) in [6.07, 6.45) is 5.99. The largest absolute Gasteiger partial charge is 0.345 e. The molecule has 2 aromatic rings. The van der Waals surface area contributed by atoms with Crippen molar-refractivity contribution in [1.82, 2.24) is 19.8 Å². The van der Waals surface area contributed by atoms with Gasteiger partial charge < -0.3 is 14.8 Å². The van der Waals surface area contributed by atoms with Gasteiger partial charge in [-0.25, -0.2) is 4.98 Å². The first-order chi connectivity index (χ1) is 12.1. The number of aryl methyl sites for hydroxylation is 1. The molecule has 1 fully saturated rings. The number of piperidine rings is 1. The Balaban J connectivity index is 1.37. The second-order valence-electron chi connectivity index (χ2n) is 6.87. The molecule has 25 heavy (non-hydrogen) atoms. The maximum atomic E-state index is 12.7.